The number of nitrogens with two attached hydrogens (primary N) is 1. The summed E-state index contributed by atoms with van der Waals surface area (Å²) in [6.45, 7) is 6.02. The Morgan fingerprint density at radius 1 is 1.36 bits per heavy atom. The third-order valence-electron chi connectivity index (χ3n) is 5.14. The summed E-state index contributed by atoms with van der Waals surface area (Å²) < 4.78 is 0. The zero-order chi connectivity index (χ0) is 15.0. The van der Waals surface area contributed by atoms with Crippen molar-refractivity contribution in [2.24, 2.45) is 17.6 Å². The molecule has 5 heteroatoms. The number of fused-ring (bicyclic) bond motifs is 1. The second-order valence-corrected chi connectivity index (χ2v) is 7.88. The van der Waals surface area contributed by atoms with E-state index in [2.05, 4.69) is 19.2 Å². The first-order valence-corrected chi connectivity index (χ1v) is 9.08. The zero-order valence-corrected chi connectivity index (χ0v) is 15.1. The van der Waals surface area contributed by atoms with Crippen molar-refractivity contribution in [3.63, 3.8) is 0 Å². The Labute approximate surface area is 143 Å². The van der Waals surface area contributed by atoms with E-state index in [1.807, 2.05) is 4.90 Å². The van der Waals surface area contributed by atoms with Crippen LogP contribution < -0.4 is 5.73 Å². The number of nitrogens with zero attached hydrogens (tertiary/aromatic N) is 1. The number of likely N-dealkylation sites (tertiary alicyclic amines) is 1. The lowest BCUT2D eigenvalue weighted by molar-refractivity contribution is 0.0572. The third-order valence-corrected chi connectivity index (χ3v) is 6.19. The molecule has 0 aromatic carbocycles. The molecule has 3 atom stereocenters. The van der Waals surface area contributed by atoms with Crippen molar-refractivity contribution < 1.29 is 4.79 Å². The van der Waals surface area contributed by atoms with Gasteiger partial charge < -0.3 is 10.6 Å². The quantitative estimate of drug-likeness (QED) is 0.894. The number of halogens is 1. The van der Waals surface area contributed by atoms with Gasteiger partial charge in [-0.1, -0.05) is 13.8 Å². The Morgan fingerprint density at radius 3 is 2.86 bits per heavy atom. The van der Waals surface area contributed by atoms with Crippen molar-refractivity contribution in [2.75, 3.05) is 13.1 Å². The molecule has 1 amide bonds. The van der Waals surface area contributed by atoms with Crippen LogP contribution in [0.15, 0.2) is 5.38 Å². The minimum absolute atomic E-state index is 0. The van der Waals surface area contributed by atoms with Crippen LogP contribution in [0.1, 0.15) is 53.9 Å². The van der Waals surface area contributed by atoms with E-state index in [9.17, 15) is 4.79 Å². The number of rotatable bonds is 2. The summed E-state index contributed by atoms with van der Waals surface area (Å²) in [7, 11) is 0. The average Bonchev–Trinajstić information content (AvgIpc) is 2.89. The number of hydrogen-bond acceptors (Lipinski definition) is 3. The maximum Gasteiger partial charge on any atom is 0.255 e. The summed E-state index contributed by atoms with van der Waals surface area (Å²) in [6.07, 6.45) is 5.57. The van der Waals surface area contributed by atoms with Gasteiger partial charge in [0.15, 0.2) is 0 Å². The van der Waals surface area contributed by atoms with Crippen molar-refractivity contribution >= 4 is 29.7 Å². The smallest absolute Gasteiger partial charge is 0.255 e. The molecule has 22 heavy (non-hydrogen) atoms. The Balaban J connectivity index is 0.00000176. The molecule has 1 aliphatic heterocycles. The van der Waals surface area contributed by atoms with Gasteiger partial charge in [-0.2, -0.15) is 0 Å². The molecular formula is C17H27ClN2OS. The number of amides is 1. The summed E-state index contributed by atoms with van der Waals surface area (Å²) in [4.78, 5) is 16.4. The number of piperidine rings is 1. The van der Waals surface area contributed by atoms with Crippen LogP contribution in [-0.4, -0.2) is 29.9 Å². The van der Waals surface area contributed by atoms with E-state index in [-0.39, 0.29) is 24.4 Å². The highest BCUT2D eigenvalue weighted by Gasteiger charge is 2.32. The Kier molecular flexibility index (Phi) is 5.92. The van der Waals surface area contributed by atoms with Gasteiger partial charge in [0.25, 0.3) is 5.91 Å². The van der Waals surface area contributed by atoms with Crippen molar-refractivity contribution in [3.8, 4) is 0 Å². The van der Waals surface area contributed by atoms with Gasteiger partial charge in [0.2, 0.25) is 0 Å². The summed E-state index contributed by atoms with van der Waals surface area (Å²) in [5, 5.41) is 2.09. The second kappa shape index (κ2) is 7.33. The lowest BCUT2D eigenvalue weighted by Gasteiger charge is -2.38. The molecule has 1 saturated heterocycles. The van der Waals surface area contributed by atoms with Crippen LogP contribution >= 0.6 is 23.7 Å². The van der Waals surface area contributed by atoms with Gasteiger partial charge in [-0.15, -0.1) is 23.7 Å². The molecule has 0 saturated carbocycles. The van der Waals surface area contributed by atoms with E-state index in [4.69, 9.17) is 5.73 Å². The first-order valence-electron chi connectivity index (χ1n) is 8.20. The fraction of sp³-hybridized carbons (Fsp3) is 0.706. The maximum absolute atomic E-state index is 13.0. The molecule has 1 aliphatic carbocycles. The highest BCUT2D eigenvalue weighted by atomic mass is 35.5. The summed E-state index contributed by atoms with van der Waals surface area (Å²) in [5.74, 6) is 1.66. The van der Waals surface area contributed by atoms with Gasteiger partial charge in [-0.3, -0.25) is 4.79 Å². The van der Waals surface area contributed by atoms with Gasteiger partial charge in [-0.25, -0.2) is 0 Å². The van der Waals surface area contributed by atoms with Gasteiger partial charge in [0, 0.05) is 29.4 Å². The van der Waals surface area contributed by atoms with E-state index < -0.39 is 0 Å². The number of carbonyl (C=O) groups is 1. The molecule has 1 aromatic rings. The van der Waals surface area contributed by atoms with Gasteiger partial charge >= 0.3 is 0 Å². The zero-order valence-electron chi connectivity index (χ0n) is 13.5. The second-order valence-electron chi connectivity index (χ2n) is 6.92. The van der Waals surface area contributed by atoms with Crippen molar-refractivity contribution in [1.29, 1.82) is 0 Å². The molecule has 2 N–H and O–H groups in total. The molecular weight excluding hydrogens is 316 g/mol. The molecule has 2 heterocycles. The van der Waals surface area contributed by atoms with Crippen LogP contribution in [0, 0.1) is 11.8 Å². The minimum Gasteiger partial charge on any atom is -0.334 e. The molecule has 0 bridgehead atoms. The summed E-state index contributed by atoms with van der Waals surface area (Å²) in [5.41, 5.74) is 8.21. The predicted octanol–water partition coefficient (Wildman–Crippen LogP) is 3.49. The number of hydrogen-bond donors (Lipinski definition) is 1. The van der Waals surface area contributed by atoms with Crippen LogP contribution in [0.2, 0.25) is 0 Å². The van der Waals surface area contributed by atoms with Crippen molar-refractivity contribution in [1.82, 2.24) is 4.90 Å². The first-order chi connectivity index (χ1) is 10.1. The normalized spacial score (nSPS) is 28.0. The topological polar surface area (TPSA) is 46.3 Å². The van der Waals surface area contributed by atoms with Gasteiger partial charge in [0.05, 0.1) is 5.56 Å². The molecule has 3 unspecified atom stereocenters. The van der Waals surface area contributed by atoms with Crippen LogP contribution in [0.25, 0.3) is 0 Å². The van der Waals surface area contributed by atoms with E-state index in [0.29, 0.717) is 12.5 Å². The largest absolute Gasteiger partial charge is 0.334 e. The molecule has 1 fully saturated rings. The molecule has 3 rings (SSSR count). The fourth-order valence-electron chi connectivity index (χ4n) is 3.75. The van der Waals surface area contributed by atoms with E-state index in [1.54, 1.807) is 11.3 Å². The Morgan fingerprint density at radius 2 is 2.14 bits per heavy atom. The molecule has 0 radical (unpaired) electrons. The third kappa shape index (κ3) is 3.34. The van der Waals surface area contributed by atoms with Crippen LogP contribution in [0.5, 0.6) is 0 Å². The standard InChI is InChI=1S/C17H26N2OS.ClH/c1-11-3-4-14-15(10-21-16(14)8-11)17(20)19-6-5-12(2)7-13(19)9-18;/h10-13H,3-9,18H2,1-2H3;1H. The lowest BCUT2D eigenvalue weighted by atomic mass is 9.87. The maximum atomic E-state index is 13.0. The van der Waals surface area contributed by atoms with E-state index in [0.717, 1.165) is 43.7 Å². The highest BCUT2D eigenvalue weighted by molar-refractivity contribution is 7.10. The molecule has 3 nitrogen and oxygen atoms in total. The fourth-order valence-corrected chi connectivity index (χ4v) is 4.99. The summed E-state index contributed by atoms with van der Waals surface area (Å²) >= 11 is 1.78. The molecule has 0 spiro atoms. The SMILES string of the molecule is CC1CCc2c(C(=O)N3CCC(C)CC3CN)csc2C1.Cl. The minimum atomic E-state index is 0. The lowest BCUT2D eigenvalue weighted by Crippen LogP contribution is -2.49. The average molecular weight is 343 g/mol. The van der Waals surface area contributed by atoms with E-state index >= 15 is 0 Å². The molecule has 2 aliphatic rings. The monoisotopic (exact) mass is 342 g/mol. The number of thiophene rings is 1. The van der Waals surface area contributed by atoms with Gasteiger partial charge in [-0.05, 0) is 49.5 Å². The van der Waals surface area contributed by atoms with Crippen LogP contribution in [-0.2, 0) is 12.8 Å². The van der Waals surface area contributed by atoms with Gasteiger partial charge in [0.1, 0.15) is 0 Å². The molecule has 1 aromatic heterocycles. The van der Waals surface area contributed by atoms with Crippen LogP contribution in [0.4, 0.5) is 0 Å². The molecule has 124 valence electrons. The van der Waals surface area contributed by atoms with Crippen molar-refractivity contribution in [3.05, 3.63) is 21.4 Å². The first kappa shape index (κ1) is 17.8. The predicted molar refractivity (Wildman–Crippen MR) is 95.0 cm³/mol. The highest BCUT2D eigenvalue weighted by Crippen LogP contribution is 2.34. The Hall–Kier alpha value is -0.580. The van der Waals surface area contributed by atoms with Crippen molar-refractivity contribution in [2.45, 2.75) is 52.0 Å². The summed E-state index contributed by atoms with van der Waals surface area (Å²) in [6, 6.07) is 0.222. The Bertz CT molecular complexity index is 531. The van der Waals surface area contributed by atoms with Crippen LogP contribution in [0.3, 0.4) is 0 Å². The number of carbonyl (C=O) groups excluding carboxylic acids is 1. The van der Waals surface area contributed by atoms with E-state index in [1.165, 1.54) is 16.9 Å².